The molecule has 0 saturated heterocycles. The third kappa shape index (κ3) is 3.46. The maximum Gasteiger partial charge on any atom is 0.235 e. The molecule has 0 amide bonds. The average molecular weight is 325 g/mol. The van der Waals surface area contributed by atoms with Gasteiger partial charge in [-0.15, -0.1) is 0 Å². The highest BCUT2D eigenvalue weighted by Crippen LogP contribution is 2.27. The molecule has 2 aromatic rings. The van der Waals surface area contributed by atoms with Crippen molar-refractivity contribution in [1.82, 2.24) is 4.90 Å². The van der Waals surface area contributed by atoms with Gasteiger partial charge in [0.2, 0.25) is 6.34 Å². The number of hydrogen-bond acceptors (Lipinski definition) is 2. The molecule has 0 saturated carbocycles. The summed E-state index contributed by atoms with van der Waals surface area (Å²) < 4.78 is 2.41. The number of aliphatic hydroxyl groups excluding tert-OH is 1. The van der Waals surface area contributed by atoms with E-state index in [0.717, 1.165) is 19.5 Å². The van der Waals surface area contributed by atoms with Crippen molar-refractivity contribution >= 4 is 17.1 Å². The van der Waals surface area contributed by atoms with Crippen molar-refractivity contribution in [3.05, 3.63) is 48.0 Å². The summed E-state index contributed by atoms with van der Waals surface area (Å²) in [5.74, 6) is 0.597. The number of fused-ring (bicyclic) bond motifs is 1. The molecule has 0 bridgehead atoms. The summed E-state index contributed by atoms with van der Waals surface area (Å²) in [6, 6.07) is 15.7. The highest BCUT2D eigenvalue weighted by Gasteiger charge is 2.30. The van der Waals surface area contributed by atoms with Crippen LogP contribution < -0.4 is 0 Å². The number of rotatable bonds is 6. The molecule has 1 aliphatic heterocycles. The van der Waals surface area contributed by atoms with Gasteiger partial charge in [0, 0.05) is 5.56 Å². The van der Waals surface area contributed by atoms with E-state index < -0.39 is 0 Å². The zero-order valence-corrected chi connectivity index (χ0v) is 15.0. The number of benzene rings is 2. The van der Waals surface area contributed by atoms with Gasteiger partial charge in [-0.2, -0.15) is 0 Å². The van der Waals surface area contributed by atoms with Crippen molar-refractivity contribution < 1.29 is 9.68 Å². The molecule has 0 aromatic heterocycles. The minimum Gasteiger partial charge on any atom is -0.392 e. The Labute approximate surface area is 145 Å². The Balaban J connectivity index is 1.84. The lowest BCUT2D eigenvalue weighted by Gasteiger charge is -2.20. The third-order valence-corrected chi connectivity index (χ3v) is 5.11. The van der Waals surface area contributed by atoms with Crippen molar-refractivity contribution in [2.45, 2.75) is 39.3 Å². The molecule has 0 spiro atoms. The maximum absolute atomic E-state index is 9.74. The lowest BCUT2D eigenvalue weighted by Crippen LogP contribution is -2.36. The quantitative estimate of drug-likeness (QED) is 0.820. The van der Waals surface area contributed by atoms with Crippen LogP contribution in [-0.4, -0.2) is 46.7 Å². The van der Waals surface area contributed by atoms with E-state index in [0.29, 0.717) is 12.0 Å². The summed E-state index contributed by atoms with van der Waals surface area (Å²) in [5.41, 5.74) is 1.37. The molecule has 1 heterocycles. The summed E-state index contributed by atoms with van der Waals surface area (Å²) in [6.07, 6.45) is 3.26. The van der Waals surface area contributed by atoms with E-state index in [1.807, 2.05) is 0 Å². The fourth-order valence-corrected chi connectivity index (χ4v) is 3.76. The third-order valence-electron chi connectivity index (χ3n) is 5.11. The Kier molecular flexibility index (Phi) is 5.20. The molecule has 0 unspecified atom stereocenters. The van der Waals surface area contributed by atoms with Crippen molar-refractivity contribution in [1.29, 1.82) is 0 Å². The van der Waals surface area contributed by atoms with Gasteiger partial charge in [0.25, 0.3) is 0 Å². The van der Waals surface area contributed by atoms with Crippen LogP contribution in [0, 0.1) is 5.92 Å². The van der Waals surface area contributed by atoms with Crippen LogP contribution in [-0.2, 0) is 0 Å². The van der Waals surface area contributed by atoms with Gasteiger partial charge in [0.05, 0.1) is 6.61 Å². The Hall–Kier alpha value is -1.87. The molecule has 3 nitrogen and oxygen atoms in total. The lowest BCUT2D eigenvalue weighted by atomic mass is 9.99. The van der Waals surface area contributed by atoms with Crippen molar-refractivity contribution in [3.63, 3.8) is 0 Å². The topological polar surface area (TPSA) is 26.5 Å². The monoisotopic (exact) mass is 325 g/mol. The largest absolute Gasteiger partial charge is 0.392 e. The van der Waals surface area contributed by atoms with E-state index in [4.69, 9.17) is 0 Å². The summed E-state index contributed by atoms with van der Waals surface area (Å²) in [7, 11) is 0. The smallest absolute Gasteiger partial charge is 0.235 e. The Morgan fingerprint density at radius 2 is 1.83 bits per heavy atom. The Bertz CT molecular complexity index is 717. The van der Waals surface area contributed by atoms with E-state index in [-0.39, 0.29) is 12.6 Å². The summed E-state index contributed by atoms with van der Waals surface area (Å²) in [5, 5.41) is 12.4. The van der Waals surface area contributed by atoms with E-state index in [9.17, 15) is 5.11 Å². The number of nitrogens with zero attached hydrogens (tertiary/aromatic N) is 2. The van der Waals surface area contributed by atoms with Gasteiger partial charge < -0.3 is 5.11 Å². The van der Waals surface area contributed by atoms with Gasteiger partial charge in [-0.25, -0.2) is 0 Å². The van der Waals surface area contributed by atoms with Gasteiger partial charge in [0.1, 0.15) is 25.2 Å². The highest BCUT2D eigenvalue weighted by molar-refractivity contribution is 5.85. The Morgan fingerprint density at radius 3 is 2.58 bits per heavy atom. The van der Waals surface area contributed by atoms with Gasteiger partial charge >= 0.3 is 0 Å². The first-order valence-electron chi connectivity index (χ1n) is 9.05. The fourth-order valence-electron chi connectivity index (χ4n) is 3.76. The second-order valence-corrected chi connectivity index (χ2v) is 7.30. The van der Waals surface area contributed by atoms with Crippen molar-refractivity contribution in [2.75, 3.05) is 19.7 Å². The molecule has 2 aromatic carbocycles. The van der Waals surface area contributed by atoms with Crippen LogP contribution in [0.25, 0.3) is 10.8 Å². The zero-order chi connectivity index (χ0) is 17.1. The van der Waals surface area contributed by atoms with Crippen LogP contribution >= 0.6 is 0 Å². The molecule has 3 heteroatoms. The van der Waals surface area contributed by atoms with E-state index >= 15 is 0 Å². The van der Waals surface area contributed by atoms with Crippen molar-refractivity contribution in [3.8, 4) is 0 Å². The molecule has 24 heavy (non-hydrogen) atoms. The Morgan fingerprint density at radius 1 is 1.08 bits per heavy atom. The summed E-state index contributed by atoms with van der Waals surface area (Å²) in [6.45, 7) is 8.94. The first-order chi connectivity index (χ1) is 11.6. The fraction of sp³-hybridized carbons (Fsp3) is 0.476. The molecule has 0 radical (unpaired) electrons. The van der Waals surface area contributed by atoms with E-state index in [1.54, 1.807) is 0 Å². The molecule has 0 aliphatic carbocycles. The van der Waals surface area contributed by atoms with Gasteiger partial charge in [-0.05, 0) is 30.0 Å². The van der Waals surface area contributed by atoms with Gasteiger partial charge in [-0.1, -0.05) is 56.3 Å². The van der Waals surface area contributed by atoms with Crippen LogP contribution in [0.5, 0.6) is 0 Å². The molecule has 1 aliphatic rings. The molecular formula is C21H29N2O+. The zero-order valence-electron chi connectivity index (χ0n) is 15.0. The van der Waals surface area contributed by atoms with Crippen LogP contribution in [0.3, 0.4) is 0 Å². The maximum atomic E-state index is 9.74. The molecule has 3 rings (SSSR count). The van der Waals surface area contributed by atoms with Crippen molar-refractivity contribution in [2.24, 2.45) is 5.92 Å². The lowest BCUT2D eigenvalue weighted by molar-refractivity contribution is -0.555. The van der Waals surface area contributed by atoms with Gasteiger partial charge in [-0.3, -0.25) is 9.48 Å². The molecule has 2 atom stereocenters. The highest BCUT2D eigenvalue weighted by atomic mass is 16.3. The minimum absolute atomic E-state index is 0.227. The first-order valence-corrected chi connectivity index (χ1v) is 9.05. The molecule has 0 fully saturated rings. The average Bonchev–Trinajstić information content (AvgIpc) is 3.08. The number of aliphatic hydroxyl groups is 1. The van der Waals surface area contributed by atoms with Crippen LogP contribution in [0.2, 0.25) is 0 Å². The molecule has 1 N–H and O–H groups in total. The predicted octanol–water partition coefficient (Wildman–Crippen LogP) is 3.66. The summed E-state index contributed by atoms with van der Waals surface area (Å²) >= 11 is 0. The summed E-state index contributed by atoms with van der Waals surface area (Å²) in [4.78, 5) is 2.32. The van der Waals surface area contributed by atoms with Crippen LogP contribution in [0.1, 0.15) is 38.8 Å². The first kappa shape index (κ1) is 17.0. The second kappa shape index (κ2) is 7.35. The van der Waals surface area contributed by atoms with Crippen LogP contribution in [0.15, 0.2) is 42.5 Å². The normalized spacial score (nSPS) is 17.4. The van der Waals surface area contributed by atoms with Gasteiger partial charge in [0.15, 0.2) is 0 Å². The second-order valence-electron chi connectivity index (χ2n) is 7.30. The molecule has 128 valence electrons. The van der Waals surface area contributed by atoms with E-state index in [2.05, 4.69) is 79.0 Å². The molecular weight excluding hydrogens is 296 g/mol. The van der Waals surface area contributed by atoms with E-state index in [1.165, 1.54) is 16.3 Å². The minimum atomic E-state index is 0.227. The SMILES string of the molecule is CC(C)C[C@@H](CO)N1C=[N+]([C@H](C)c2cccc3ccccc23)CC1. The number of hydrogen-bond donors (Lipinski definition) is 1. The van der Waals surface area contributed by atoms with Crippen LogP contribution in [0.4, 0.5) is 0 Å². The predicted molar refractivity (Wildman–Crippen MR) is 101 cm³/mol. The standard InChI is InChI=1S/C21H29N2O/c1-16(2)13-19(14-24)23-12-11-22(15-23)17(3)20-10-6-8-18-7-4-5-9-21(18)20/h4-10,15-17,19,24H,11-14H2,1-3H3/q+1/t17-,19+/m1/s1.